The highest BCUT2D eigenvalue weighted by Gasteiger charge is 2.21. The Balaban J connectivity index is 1.36. The van der Waals surface area contributed by atoms with Crippen LogP contribution in [-0.4, -0.2) is 36.7 Å². The molecule has 2 amide bonds. The van der Waals surface area contributed by atoms with E-state index in [-0.39, 0.29) is 12.1 Å². The largest absolute Gasteiger partial charge is 0.356 e. The van der Waals surface area contributed by atoms with Gasteiger partial charge in [-0.15, -0.1) is 11.3 Å². The Morgan fingerprint density at radius 2 is 2.13 bits per heavy atom. The Hall–Kier alpha value is -2.08. The van der Waals surface area contributed by atoms with Gasteiger partial charge in [-0.3, -0.25) is 0 Å². The Morgan fingerprint density at radius 1 is 1.26 bits per heavy atom. The number of urea groups is 1. The zero-order chi connectivity index (χ0) is 15.9. The first-order chi connectivity index (χ1) is 11.3. The van der Waals surface area contributed by atoms with Gasteiger partial charge in [0.2, 0.25) is 0 Å². The predicted octanol–water partition coefficient (Wildman–Crippen LogP) is 2.65. The van der Waals surface area contributed by atoms with Crippen LogP contribution in [0.4, 0.5) is 10.6 Å². The summed E-state index contributed by atoms with van der Waals surface area (Å²) in [6.45, 7) is 2.54. The molecule has 3 heterocycles. The Labute approximate surface area is 140 Å². The highest BCUT2D eigenvalue weighted by molar-refractivity contribution is 7.09. The predicted molar refractivity (Wildman–Crippen MR) is 94.0 cm³/mol. The number of anilines is 1. The average molecular weight is 330 g/mol. The molecule has 2 N–H and O–H groups in total. The second-order valence-electron chi connectivity index (χ2n) is 5.68. The van der Waals surface area contributed by atoms with Gasteiger partial charge in [0.15, 0.2) is 0 Å². The third-order valence-corrected chi connectivity index (χ3v) is 4.98. The molecule has 0 aromatic carbocycles. The van der Waals surface area contributed by atoms with Crippen molar-refractivity contribution in [3.8, 4) is 0 Å². The second-order valence-corrected chi connectivity index (χ2v) is 6.71. The number of pyridine rings is 1. The molecule has 0 radical (unpaired) electrons. The van der Waals surface area contributed by atoms with E-state index in [0.29, 0.717) is 6.54 Å². The lowest BCUT2D eigenvalue weighted by atomic mass is 10.1. The van der Waals surface area contributed by atoms with Crippen molar-refractivity contribution in [1.29, 1.82) is 0 Å². The van der Waals surface area contributed by atoms with E-state index in [9.17, 15) is 4.79 Å². The number of hydrogen-bond acceptors (Lipinski definition) is 4. The Morgan fingerprint density at radius 3 is 2.83 bits per heavy atom. The van der Waals surface area contributed by atoms with Gasteiger partial charge in [-0.2, -0.15) is 0 Å². The summed E-state index contributed by atoms with van der Waals surface area (Å²) in [6, 6.07) is 10.3. The molecule has 0 aliphatic carbocycles. The van der Waals surface area contributed by atoms with Crippen LogP contribution in [0, 0.1) is 0 Å². The minimum Gasteiger partial charge on any atom is -0.356 e. The minimum absolute atomic E-state index is 0.0576. The molecule has 0 unspecified atom stereocenters. The third-order valence-electron chi connectivity index (χ3n) is 4.04. The van der Waals surface area contributed by atoms with Crippen LogP contribution >= 0.6 is 11.3 Å². The molecule has 6 heteroatoms. The van der Waals surface area contributed by atoms with Gasteiger partial charge in [-0.1, -0.05) is 12.1 Å². The van der Waals surface area contributed by atoms with Gasteiger partial charge in [0.05, 0.1) is 0 Å². The van der Waals surface area contributed by atoms with Crippen molar-refractivity contribution in [1.82, 2.24) is 15.6 Å². The van der Waals surface area contributed by atoms with E-state index in [1.54, 1.807) is 11.3 Å². The van der Waals surface area contributed by atoms with Crippen molar-refractivity contribution in [2.75, 3.05) is 24.5 Å². The lowest BCUT2D eigenvalue weighted by molar-refractivity contribution is 0.234. The standard InChI is InChI=1S/C17H22N4OS/c22-17(19-10-6-15-4-3-13-23-15)20-14-7-11-21(12-8-14)16-5-1-2-9-18-16/h1-5,9,13-14H,6-8,10-12H2,(H2,19,20,22). The van der Waals surface area contributed by atoms with Crippen molar-refractivity contribution in [3.63, 3.8) is 0 Å². The van der Waals surface area contributed by atoms with Gasteiger partial charge < -0.3 is 15.5 Å². The van der Waals surface area contributed by atoms with Gasteiger partial charge in [0.1, 0.15) is 5.82 Å². The van der Waals surface area contributed by atoms with Crippen molar-refractivity contribution < 1.29 is 4.79 Å². The van der Waals surface area contributed by atoms with Crippen molar-refractivity contribution in [2.45, 2.75) is 25.3 Å². The SMILES string of the molecule is O=C(NCCc1cccs1)NC1CCN(c2ccccn2)CC1. The van der Waals surface area contributed by atoms with E-state index in [2.05, 4.69) is 32.0 Å². The van der Waals surface area contributed by atoms with E-state index in [1.807, 2.05) is 30.5 Å². The summed E-state index contributed by atoms with van der Waals surface area (Å²) in [5.41, 5.74) is 0. The summed E-state index contributed by atoms with van der Waals surface area (Å²) in [5, 5.41) is 8.08. The van der Waals surface area contributed by atoms with E-state index < -0.39 is 0 Å². The van der Waals surface area contributed by atoms with Crippen LogP contribution in [0.5, 0.6) is 0 Å². The van der Waals surface area contributed by atoms with Gasteiger partial charge in [-0.25, -0.2) is 9.78 Å². The summed E-state index contributed by atoms with van der Waals surface area (Å²) in [7, 11) is 0. The fraction of sp³-hybridized carbons (Fsp3) is 0.412. The van der Waals surface area contributed by atoms with Crippen molar-refractivity contribution in [2.24, 2.45) is 0 Å². The molecule has 0 bridgehead atoms. The maximum absolute atomic E-state index is 11.9. The first-order valence-electron chi connectivity index (χ1n) is 8.04. The molecule has 23 heavy (non-hydrogen) atoms. The molecule has 0 atom stereocenters. The smallest absolute Gasteiger partial charge is 0.315 e. The zero-order valence-corrected chi connectivity index (χ0v) is 13.9. The molecule has 1 aliphatic rings. The fourth-order valence-corrected chi connectivity index (χ4v) is 3.49. The molecule has 0 spiro atoms. The Kier molecular flexibility index (Phi) is 5.47. The molecule has 122 valence electrons. The summed E-state index contributed by atoms with van der Waals surface area (Å²) >= 11 is 1.73. The number of thiophene rings is 1. The first-order valence-corrected chi connectivity index (χ1v) is 8.92. The number of aromatic nitrogens is 1. The summed E-state index contributed by atoms with van der Waals surface area (Å²) in [4.78, 5) is 19.9. The number of amides is 2. The maximum atomic E-state index is 11.9. The number of nitrogens with zero attached hydrogens (tertiary/aromatic N) is 2. The minimum atomic E-state index is -0.0576. The van der Waals surface area contributed by atoms with Crippen LogP contribution in [-0.2, 0) is 6.42 Å². The molecule has 0 saturated carbocycles. The van der Waals surface area contributed by atoms with Crippen LogP contribution in [0.3, 0.4) is 0 Å². The third kappa shape index (κ3) is 4.69. The number of piperidine rings is 1. The van der Waals surface area contributed by atoms with E-state index in [0.717, 1.165) is 38.2 Å². The number of carbonyl (C=O) groups excluding carboxylic acids is 1. The summed E-state index contributed by atoms with van der Waals surface area (Å²) in [5.74, 6) is 1.02. The van der Waals surface area contributed by atoms with Crippen LogP contribution in [0.25, 0.3) is 0 Å². The van der Waals surface area contributed by atoms with E-state index >= 15 is 0 Å². The molecule has 5 nitrogen and oxygen atoms in total. The lowest BCUT2D eigenvalue weighted by Gasteiger charge is -2.33. The summed E-state index contributed by atoms with van der Waals surface area (Å²) < 4.78 is 0. The highest BCUT2D eigenvalue weighted by atomic mass is 32.1. The first kappa shape index (κ1) is 15.8. The van der Waals surface area contributed by atoms with Crippen molar-refractivity contribution in [3.05, 3.63) is 46.8 Å². The van der Waals surface area contributed by atoms with Gasteiger partial charge in [-0.05, 0) is 42.8 Å². The number of carbonyl (C=O) groups is 1. The average Bonchev–Trinajstić information content (AvgIpc) is 3.10. The monoisotopic (exact) mass is 330 g/mol. The molecule has 1 saturated heterocycles. The molecular weight excluding hydrogens is 308 g/mol. The van der Waals surface area contributed by atoms with E-state index in [4.69, 9.17) is 0 Å². The van der Waals surface area contributed by atoms with Gasteiger partial charge in [0, 0.05) is 36.8 Å². The van der Waals surface area contributed by atoms with Crippen LogP contribution in [0.15, 0.2) is 41.9 Å². The topological polar surface area (TPSA) is 57.3 Å². The molecule has 2 aromatic heterocycles. The van der Waals surface area contributed by atoms with Gasteiger partial charge in [0.25, 0.3) is 0 Å². The Bertz CT molecular complexity index is 594. The molecular formula is C17H22N4OS. The highest BCUT2D eigenvalue weighted by Crippen LogP contribution is 2.17. The zero-order valence-electron chi connectivity index (χ0n) is 13.1. The number of rotatable bonds is 5. The van der Waals surface area contributed by atoms with Crippen LogP contribution < -0.4 is 15.5 Å². The number of nitrogens with one attached hydrogen (secondary N) is 2. The van der Waals surface area contributed by atoms with Crippen LogP contribution in [0.2, 0.25) is 0 Å². The van der Waals surface area contributed by atoms with E-state index in [1.165, 1.54) is 4.88 Å². The van der Waals surface area contributed by atoms with Gasteiger partial charge >= 0.3 is 6.03 Å². The summed E-state index contributed by atoms with van der Waals surface area (Å²) in [6.07, 6.45) is 4.62. The normalized spacial score (nSPS) is 15.4. The molecule has 1 aliphatic heterocycles. The van der Waals surface area contributed by atoms with Crippen LogP contribution in [0.1, 0.15) is 17.7 Å². The second kappa shape index (κ2) is 7.97. The quantitative estimate of drug-likeness (QED) is 0.886. The fourth-order valence-electron chi connectivity index (χ4n) is 2.78. The molecule has 1 fully saturated rings. The van der Waals surface area contributed by atoms with Crippen molar-refractivity contribution >= 4 is 23.2 Å². The molecule has 3 rings (SSSR count). The number of hydrogen-bond donors (Lipinski definition) is 2. The molecule has 2 aromatic rings. The maximum Gasteiger partial charge on any atom is 0.315 e. The lowest BCUT2D eigenvalue weighted by Crippen LogP contribution is -2.48.